The Hall–Kier alpha value is -1.58. The molecule has 1 aromatic carbocycles. The molecule has 1 aromatic rings. The van der Waals surface area contributed by atoms with E-state index in [0.717, 1.165) is 22.5 Å². The maximum atomic E-state index is 13.6. The van der Waals surface area contributed by atoms with Gasteiger partial charge in [-0.25, -0.2) is 17.2 Å². The number of halogens is 2. The summed E-state index contributed by atoms with van der Waals surface area (Å²) in [5, 5.41) is 0. The third-order valence-electron chi connectivity index (χ3n) is 3.23. The van der Waals surface area contributed by atoms with Crippen molar-refractivity contribution in [1.29, 1.82) is 0 Å². The Kier molecular flexibility index (Phi) is 4.55. The molecule has 0 spiro atoms. The molecule has 0 saturated carbocycles. The number of rotatable bonds is 4. The summed E-state index contributed by atoms with van der Waals surface area (Å²) in [5.41, 5.74) is 5.06. The largest absolute Gasteiger partial charge is 0.369 e. The average Bonchev–Trinajstić information content (AvgIpc) is 2.38. The molecule has 0 radical (unpaired) electrons. The topological polar surface area (TPSA) is 83.7 Å². The molecule has 0 aromatic heterocycles. The van der Waals surface area contributed by atoms with Crippen LogP contribution in [0, 0.1) is 11.6 Å². The first-order valence-corrected chi connectivity index (χ1v) is 7.71. The fourth-order valence-electron chi connectivity index (χ4n) is 2.21. The van der Waals surface area contributed by atoms with Crippen LogP contribution in [0.2, 0.25) is 0 Å². The molecule has 2 N–H and O–H groups in total. The summed E-state index contributed by atoms with van der Waals surface area (Å²) in [6, 6.07) is 2.91. The third kappa shape index (κ3) is 3.36. The predicted octanol–water partition coefficient (Wildman–Crippen LogP) is -0.244. The molecule has 0 aliphatic carbocycles. The third-order valence-corrected chi connectivity index (χ3v) is 5.18. The first-order chi connectivity index (χ1) is 9.82. The molecule has 1 fully saturated rings. The van der Waals surface area contributed by atoms with Crippen molar-refractivity contribution >= 4 is 15.9 Å². The van der Waals surface area contributed by atoms with Crippen LogP contribution in [0.5, 0.6) is 0 Å². The molecule has 1 amide bonds. The van der Waals surface area contributed by atoms with Crippen molar-refractivity contribution < 1.29 is 22.0 Å². The van der Waals surface area contributed by atoms with E-state index in [2.05, 4.69) is 0 Å². The van der Waals surface area contributed by atoms with E-state index in [1.54, 1.807) is 4.90 Å². The monoisotopic (exact) mass is 319 g/mol. The summed E-state index contributed by atoms with van der Waals surface area (Å²) < 4.78 is 52.9. The Labute approximate surface area is 121 Å². The van der Waals surface area contributed by atoms with Crippen LogP contribution in [0.4, 0.5) is 8.78 Å². The van der Waals surface area contributed by atoms with Gasteiger partial charge < -0.3 is 5.73 Å². The van der Waals surface area contributed by atoms with E-state index in [0.29, 0.717) is 0 Å². The first kappa shape index (κ1) is 15.8. The van der Waals surface area contributed by atoms with Gasteiger partial charge in [0.25, 0.3) is 0 Å². The van der Waals surface area contributed by atoms with Crippen molar-refractivity contribution in [3.8, 4) is 0 Å². The minimum absolute atomic E-state index is 0.0297. The van der Waals surface area contributed by atoms with Crippen LogP contribution in [-0.2, 0) is 14.8 Å². The first-order valence-electron chi connectivity index (χ1n) is 6.27. The smallest absolute Gasteiger partial charge is 0.249 e. The van der Waals surface area contributed by atoms with Crippen LogP contribution in [-0.4, -0.2) is 56.3 Å². The van der Waals surface area contributed by atoms with Crippen molar-refractivity contribution in [2.24, 2.45) is 5.73 Å². The van der Waals surface area contributed by atoms with Gasteiger partial charge in [0.2, 0.25) is 15.9 Å². The second-order valence-electron chi connectivity index (χ2n) is 4.70. The van der Waals surface area contributed by atoms with Gasteiger partial charge in [-0.2, -0.15) is 4.31 Å². The van der Waals surface area contributed by atoms with Gasteiger partial charge in [0.05, 0.1) is 6.54 Å². The van der Waals surface area contributed by atoms with Crippen molar-refractivity contribution in [2.75, 3.05) is 32.7 Å². The molecule has 0 atom stereocenters. The number of hydrogen-bond donors (Lipinski definition) is 1. The Bertz CT molecular complexity index is 623. The highest BCUT2D eigenvalue weighted by Crippen LogP contribution is 2.23. The quantitative estimate of drug-likeness (QED) is 0.830. The van der Waals surface area contributed by atoms with Gasteiger partial charge in [0, 0.05) is 26.2 Å². The zero-order chi connectivity index (χ0) is 15.6. The number of primary amides is 1. The maximum Gasteiger partial charge on any atom is 0.249 e. The molecule has 1 aliphatic heterocycles. The Morgan fingerprint density at radius 3 is 2.14 bits per heavy atom. The van der Waals surface area contributed by atoms with Gasteiger partial charge in [-0.05, 0) is 12.1 Å². The molecule has 1 heterocycles. The molecule has 1 saturated heterocycles. The number of carbonyl (C=O) groups excluding carboxylic acids is 1. The standard InChI is InChI=1S/C12H15F2N3O3S/c13-9-2-1-3-10(14)12(9)21(19,20)17-6-4-16(5-7-17)8-11(15)18/h1-3H,4-8H2,(H2,15,18). The average molecular weight is 319 g/mol. The number of nitrogens with two attached hydrogens (primary N) is 1. The van der Waals surface area contributed by atoms with E-state index in [1.165, 1.54) is 0 Å². The highest BCUT2D eigenvalue weighted by Gasteiger charge is 2.33. The summed E-state index contributed by atoms with van der Waals surface area (Å²) >= 11 is 0. The van der Waals surface area contributed by atoms with E-state index >= 15 is 0 Å². The van der Waals surface area contributed by atoms with Gasteiger partial charge in [-0.1, -0.05) is 6.07 Å². The lowest BCUT2D eigenvalue weighted by molar-refractivity contribution is -0.119. The molecule has 116 valence electrons. The molecule has 0 unspecified atom stereocenters. The van der Waals surface area contributed by atoms with E-state index < -0.39 is 32.5 Å². The minimum atomic E-state index is -4.23. The van der Waals surface area contributed by atoms with E-state index in [4.69, 9.17) is 5.73 Å². The summed E-state index contributed by atoms with van der Waals surface area (Å²) in [5.74, 6) is -2.74. The van der Waals surface area contributed by atoms with Gasteiger partial charge in [0.15, 0.2) is 4.90 Å². The fraction of sp³-hybridized carbons (Fsp3) is 0.417. The molecule has 21 heavy (non-hydrogen) atoms. The molecular formula is C12H15F2N3O3S. The zero-order valence-electron chi connectivity index (χ0n) is 11.1. The number of carbonyl (C=O) groups is 1. The maximum absolute atomic E-state index is 13.6. The summed E-state index contributed by atoms with van der Waals surface area (Å²) in [6.07, 6.45) is 0. The van der Waals surface area contributed by atoms with Crippen LogP contribution < -0.4 is 5.73 Å². The number of sulfonamides is 1. The Balaban J connectivity index is 2.17. The summed E-state index contributed by atoms with van der Waals surface area (Å²) in [6.45, 7) is 0.672. The second kappa shape index (κ2) is 6.04. The van der Waals surface area contributed by atoms with Gasteiger partial charge in [-0.15, -0.1) is 0 Å². The van der Waals surface area contributed by atoms with E-state index in [-0.39, 0.29) is 32.7 Å². The van der Waals surface area contributed by atoms with Crippen LogP contribution in [0.1, 0.15) is 0 Å². The van der Waals surface area contributed by atoms with Crippen LogP contribution in [0.3, 0.4) is 0 Å². The normalized spacial score (nSPS) is 17.8. The summed E-state index contributed by atoms with van der Waals surface area (Å²) in [7, 11) is -4.23. The summed E-state index contributed by atoms with van der Waals surface area (Å²) in [4.78, 5) is 11.6. The molecule has 1 aliphatic rings. The molecule has 9 heteroatoms. The predicted molar refractivity (Wildman–Crippen MR) is 70.8 cm³/mol. The van der Waals surface area contributed by atoms with Crippen LogP contribution in [0.25, 0.3) is 0 Å². The lowest BCUT2D eigenvalue weighted by Crippen LogP contribution is -2.50. The van der Waals surface area contributed by atoms with Gasteiger partial charge in [0.1, 0.15) is 11.6 Å². The lowest BCUT2D eigenvalue weighted by Gasteiger charge is -2.33. The van der Waals surface area contributed by atoms with E-state index in [9.17, 15) is 22.0 Å². The molecule has 6 nitrogen and oxygen atoms in total. The highest BCUT2D eigenvalue weighted by atomic mass is 32.2. The fourth-order valence-corrected chi connectivity index (χ4v) is 3.74. The van der Waals surface area contributed by atoms with Crippen molar-refractivity contribution in [1.82, 2.24) is 9.21 Å². The van der Waals surface area contributed by atoms with Crippen molar-refractivity contribution in [3.05, 3.63) is 29.8 Å². The molecular weight excluding hydrogens is 304 g/mol. The Morgan fingerprint density at radius 2 is 1.67 bits per heavy atom. The number of benzene rings is 1. The molecule has 2 rings (SSSR count). The van der Waals surface area contributed by atoms with E-state index in [1.807, 2.05) is 0 Å². The van der Waals surface area contributed by atoms with Crippen LogP contribution >= 0.6 is 0 Å². The zero-order valence-corrected chi connectivity index (χ0v) is 11.9. The Morgan fingerprint density at radius 1 is 1.14 bits per heavy atom. The highest BCUT2D eigenvalue weighted by molar-refractivity contribution is 7.89. The number of piperazine rings is 1. The van der Waals surface area contributed by atoms with Crippen molar-refractivity contribution in [2.45, 2.75) is 4.90 Å². The minimum Gasteiger partial charge on any atom is -0.369 e. The second-order valence-corrected chi connectivity index (χ2v) is 6.57. The molecule has 0 bridgehead atoms. The van der Waals surface area contributed by atoms with Gasteiger partial charge in [-0.3, -0.25) is 9.69 Å². The lowest BCUT2D eigenvalue weighted by atomic mass is 10.3. The number of hydrogen-bond acceptors (Lipinski definition) is 4. The van der Waals surface area contributed by atoms with Gasteiger partial charge >= 0.3 is 0 Å². The number of nitrogens with zero attached hydrogens (tertiary/aromatic N) is 2. The number of amides is 1. The van der Waals surface area contributed by atoms with Crippen molar-refractivity contribution in [3.63, 3.8) is 0 Å². The van der Waals surface area contributed by atoms with Crippen LogP contribution in [0.15, 0.2) is 23.1 Å². The SMILES string of the molecule is NC(=O)CN1CCN(S(=O)(=O)c2c(F)cccc2F)CC1.